The lowest BCUT2D eigenvalue weighted by Crippen LogP contribution is -2.32. The van der Waals surface area contributed by atoms with Gasteiger partial charge in [0.05, 0.1) is 4.90 Å². The van der Waals surface area contributed by atoms with Gasteiger partial charge in [-0.2, -0.15) is 8.42 Å². The van der Waals surface area contributed by atoms with Crippen LogP contribution in [0.15, 0.2) is 63.9 Å². The number of nitrogens with two attached hydrogens (primary N) is 2. The number of carbonyl (C=O) groups is 1. The fraction of sp³-hybridized carbons (Fsp3) is 0.150. The lowest BCUT2D eigenvalue weighted by Gasteiger charge is -2.08. The predicted octanol–water partition coefficient (Wildman–Crippen LogP) is 2.30. The zero-order valence-electron chi connectivity index (χ0n) is 16.5. The number of nitrogens with one attached hydrogen (secondary N) is 2. The fourth-order valence-corrected chi connectivity index (χ4v) is 3.46. The van der Waals surface area contributed by atoms with Crippen molar-refractivity contribution in [3.8, 4) is 0 Å². The van der Waals surface area contributed by atoms with E-state index in [2.05, 4.69) is 28.9 Å². The second-order valence-corrected chi connectivity index (χ2v) is 8.63. The highest BCUT2D eigenvalue weighted by atomic mass is 32.2. The van der Waals surface area contributed by atoms with Crippen molar-refractivity contribution >= 4 is 51.0 Å². The molecular weight excluding hydrogens is 422 g/mol. The number of thiocarbonyl (C=S) groups is 1. The smallest absolute Gasteiger partial charge is 0.285 e. The van der Waals surface area contributed by atoms with Crippen LogP contribution in [-0.2, 0) is 14.8 Å². The van der Waals surface area contributed by atoms with E-state index in [4.69, 9.17) is 23.7 Å². The third-order valence-electron chi connectivity index (χ3n) is 3.90. The molecular formula is C20H23N5O3S2. The summed E-state index contributed by atoms with van der Waals surface area (Å²) in [5.74, 6) is -0.507. The van der Waals surface area contributed by atoms with Gasteiger partial charge in [0.2, 0.25) is 11.9 Å². The molecule has 0 aliphatic rings. The quantitative estimate of drug-likeness (QED) is 0.231. The first-order chi connectivity index (χ1) is 14.1. The van der Waals surface area contributed by atoms with Gasteiger partial charge in [0.15, 0.2) is 5.11 Å². The van der Waals surface area contributed by atoms with Gasteiger partial charge in [-0.25, -0.2) is 0 Å². The SMILES string of the molecule is CC(C)c1ccc(C=CC(=O)NC(=S)Nc2ccc(S(=O)(=O)N=C(N)N)cc2)cc1. The van der Waals surface area contributed by atoms with Gasteiger partial charge in [0.25, 0.3) is 10.0 Å². The topological polar surface area (TPSA) is 140 Å². The number of carbonyl (C=O) groups excluding carboxylic acids is 1. The second kappa shape index (κ2) is 9.99. The molecule has 8 nitrogen and oxygen atoms in total. The van der Waals surface area contributed by atoms with E-state index < -0.39 is 21.9 Å². The Morgan fingerprint density at radius 3 is 2.20 bits per heavy atom. The minimum Gasteiger partial charge on any atom is -0.369 e. The summed E-state index contributed by atoms with van der Waals surface area (Å²) >= 11 is 5.10. The number of benzene rings is 2. The van der Waals surface area contributed by atoms with Crippen molar-refractivity contribution in [2.75, 3.05) is 5.32 Å². The number of sulfonamides is 1. The molecule has 0 heterocycles. The molecule has 0 bridgehead atoms. The molecule has 6 N–H and O–H groups in total. The van der Waals surface area contributed by atoms with Crippen molar-refractivity contribution in [2.45, 2.75) is 24.7 Å². The number of anilines is 1. The van der Waals surface area contributed by atoms with Crippen LogP contribution >= 0.6 is 12.2 Å². The Morgan fingerprint density at radius 1 is 1.07 bits per heavy atom. The minimum absolute atomic E-state index is 0.0691. The Hall–Kier alpha value is -3.24. The monoisotopic (exact) mass is 445 g/mol. The molecule has 0 aliphatic heterocycles. The number of hydrogen-bond acceptors (Lipinski definition) is 4. The van der Waals surface area contributed by atoms with Gasteiger partial charge in [0.1, 0.15) is 0 Å². The van der Waals surface area contributed by atoms with Crippen LogP contribution in [0.25, 0.3) is 6.08 Å². The van der Waals surface area contributed by atoms with Gasteiger partial charge in [0, 0.05) is 11.8 Å². The molecule has 0 aromatic heterocycles. The molecule has 0 saturated carbocycles. The summed E-state index contributed by atoms with van der Waals surface area (Å²) in [6.45, 7) is 4.23. The standard InChI is InChI=1S/C20H23N5O3S2/c1-13(2)15-6-3-14(4-7-15)5-12-18(26)24-20(29)23-16-8-10-17(11-9-16)30(27,28)25-19(21)22/h3-13H,1-2H3,(H4,21,22,25)(H2,23,24,26,29). The summed E-state index contributed by atoms with van der Waals surface area (Å²) in [6, 6.07) is 13.5. The molecule has 2 rings (SSSR count). The third-order valence-corrected chi connectivity index (χ3v) is 5.43. The van der Waals surface area contributed by atoms with Crippen molar-refractivity contribution in [3.63, 3.8) is 0 Å². The average Bonchev–Trinajstić information content (AvgIpc) is 2.66. The van der Waals surface area contributed by atoms with E-state index in [-0.39, 0.29) is 10.0 Å². The Kier molecular flexibility index (Phi) is 7.67. The summed E-state index contributed by atoms with van der Waals surface area (Å²) in [5, 5.41) is 5.39. The molecule has 0 radical (unpaired) electrons. The molecule has 0 spiro atoms. The molecule has 0 fully saturated rings. The molecule has 0 saturated heterocycles. The van der Waals surface area contributed by atoms with Crippen LogP contribution in [0.4, 0.5) is 5.69 Å². The summed E-state index contributed by atoms with van der Waals surface area (Å²) in [6.07, 6.45) is 3.06. The fourth-order valence-electron chi connectivity index (χ4n) is 2.38. The molecule has 2 aromatic rings. The molecule has 0 unspecified atom stereocenters. The van der Waals surface area contributed by atoms with Gasteiger partial charge in [-0.05, 0) is 59.6 Å². The first-order valence-electron chi connectivity index (χ1n) is 8.93. The maximum absolute atomic E-state index is 12.0. The summed E-state index contributed by atoms with van der Waals surface area (Å²) in [4.78, 5) is 12.0. The van der Waals surface area contributed by atoms with Crippen molar-refractivity contribution in [1.29, 1.82) is 0 Å². The Labute approximate surface area is 181 Å². The third kappa shape index (κ3) is 6.98. The zero-order valence-corrected chi connectivity index (χ0v) is 18.1. The van der Waals surface area contributed by atoms with Gasteiger partial charge < -0.3 is 16.8 Å². The normalized spacial score (nSPS) is 11.3. The molecule has 1 amide bonds. The first kappa shape index (κ1) is 23.0. The van der Waals surface area contributed by atoms with Gasteiger partial charge >= 0.3 is 0 Å². The summed E-state index contributed by atoms with van der Waals surface area (Å²) in [5.41, 5.74) is 12.8. The Balaban J connectivity index is 1.93. The van der Waals surface area contributed by atoms with Gasteiger partial charge in [-0.3, -0.25) is 10.1 Å². The predicted molar refractivity (Wildman–Crippen MR) is 123 cm³/mol. The van der Waals surface area contributed by atoms with Crippen LogP contribution in [0, 0.1) is 0 Å². The van der Waals surface area contributed by atoms with E-state index in [0.717, 1.165) is 5.56 Å². The first-order valence-corrected chi connectivity index (χ1v) is 10.8. The van der Waals surface area contributed by atoms with Crippen molar-refractivity contribution in [2.24, 2.45) is 15.9 Å². The molecule has 10 heteroatoms. The van der Waals surface area contributed by atoms with E-state index in [9.17, 15) is 13.2 Å². The van der Waals surface area contributed by atoms with Crippen molar-refractivity contribution in [3.05, 3.63) is 65.7 Å². The lowest BCUT2D eigenvalue weighted by atomic mass is 10.0. The van der Waals surface area contributed by atoms with Crippen LogP contribution in [0.5, 0.6) is 0 Å². The highest BCUT2D eigenvalue weighted by molar-refractivity contribution is 7.90. The highest BCUT2D eigenvalue weighted by Crippen LogP contribution is 2.16. The van der Waals surface area contributed by atoms with Crippen LogP contribution in [0.3, 0.4) is 0 Å². The summed E-state index contributed by atoms with van der Waals surface area (Å²) in [7, 11) is -3.97. The number of guanidine groups is 1. The summed E-state index contributed by atoms with van der Waals surface area (Å²) < 4.78 is 27.0. The minimum atomic E-state index is -3.97. The van der Waals surface area contributed by atoms with E-state index in [1.165, 1.54) is 35.9 Å². The number of rotatable bonds is 6. The maximum Gasteiger partial charge on any atom is 0.285 e. The largest absolute Gasteiger partial charge is 0.369 e. The average molecular weight is 446 g/mol. The highest BCUT2D eigenvalue weighted by Gasteiger charge is 2.13. The van der Waals surface area contributed by atoms with E-state index in [1.54, 1.807) is 6.08 Å². The zero-order chi connectivity index (χ0) is 22.3. The van der Waals surface area contributed by atoms with E-state index in [0.29, 0.717) is 11.6 Å². The molecule has 158 valence electrons. The molecule has 0 aliphatic carbocycles. The van der Waals surface area contributed by atoms with Crippen LogP contribution in [0.2, 0.25) is 0 Å². The number of hydrogen-bond donors (Lipinski definition) is 4. The van der Waals surface area contributed by atoms with E-state index >= 15 is 0 Å². The maximum atomic E-state index is 12.0. The second-order valence-electron chi connectivity index (χ2n) is 6.61. The number of nitrogens with zero attached hydrogens (tertiary/aromatic N) is 1. The van der Waals surface area contributed by atoms with Gasteiger partial charge in [-0.1, -0.05) is 38.1 Å². The van der Waals surface area contributed by atoms with Crippen LogP contribution in [0.1, 0.15) is 30.9 Å². The Morgan fingerprint density at radius 2 is 1.67 bits per heavy atom. The molecule has 2 aromatic carbocycles. The Bertz CT molecular complexity index is 1070. The van der Waals surface area contributed by atoms with E-state index in [1.807, 2.05) is 24.3 Å². The lowest BCUT2D eigenvalue weighted by molar-refractivity contribution is -0.115. The van der Waals surface area contributed by atoms with Crippen LogP contribution < -0.4 is 22.1 Å². The van der Waals surface area contributed by atoms with Crippen molar-refractivity contribution in [1.82, 2.24) is 5.32 Å². The molecule has 30 heavy (non-hydrogen) atoms. The van der Waals surface area contributed by atoms with Crippen LogP contribution in [-0.4, -0.2) is 25.4 Å². The van der Waals surface area contributed by atoms with Gasteiger partial charge in [-0.15, -0.1) is 4.40 Å². The molecule has 0 atom stereocenters. The van der Waals surface area contributed by atoms with Crippen molar-refractivity contribution < 1.29 is 13.2 Å². The number of amides is 1.